The normalized spacial score (nSPS) is 16.8. The molecule has 0 unspecified atom stereocenters. The molecule has 1 fully saturated rings. The molecule has 0 bridgehead atoms. The van der Waals surface area contributed by atoms with Crippen LogP contribution in [-0.4, -0.2) is 36.3 Å². The molecule has 0 atom stereocenters. The molecule has 2 rings (SSSR count). The number of benzene rings is 1. The highest BCUT2D eigenvalue weighted by atomic mass is 79.9. The van der Waals surface area contributed by atoms with Crippen LogP contribution >= 0.6 is 28.1 Å². The molecule has 3 N–H and O–H groups in total. The van der Waals surface area contributed by atoms with Crippen molar-refractivity contribution < 1.29 is 4.74 Å². The largest absolute Gasteiger partial charge is 0.389 e. The number of halogens is 1. The van der Waals surface area contributed by atoms with Crippen molar-refractivity contribution in [1.82, 2.24) is 5.01 Å². The maximum absolute atomic E-state index is 5.60. The van der Waals surface area contributed by atoms with Crippen molar-refractivity contribution in [2.75, 3.05) is 31.7 Å². The number of thiocarbonyl (C=S) groups is 1. The number of nitrogens with two attached hydrogens (primary N) is 1. The predicted octanol–water partition coefficient (Wildman–Crippen LogP) is 1.74. The van der Waals surface area contributed by atoms with Gasteiger partial charge in [0.1, 0.15) is 4.99 Å². The van der Waals surface area contributed by atoms with Crippen LogP contribution in [0.1, 0.15) is 5.56 Å². The van der Waals surface area contributed by atoms with Crippen LogP contribution in [-0.2, 0) is 4.74 Å². The predicted molar refractivity (Wildman–Crippen MR) is 76.0 cm³/mol. The first-order chi connectivity index (χ1) is 8.16. The second-order valence-corrected chi connectivity index (χ2v) is 5.06. The summed E-state index contributed by atoms with van der Waals surface area (Å²) in [5, 5.41) is 2.13. The highest BCUT2D eigenvalue weighted by molar-refractivity contribution is 9.10. The van der Waals surface area contributed by atoms with E-state index in [2.05, 4.69) is 26.4 Å². The van der Waals surface area contributed by atoms with Crippen LogP contribution in [0.5, 0.6) is 0 Å². The Morgan fingerprint density at radius 2 is 2.12 bits per heavy atom. The van der Waals surface area contributed by atoms with Gasteiger partial charge in [0.15, 0.2) is 0 Å². The van der Waals surface area contributed by atoms with Gasteiger partial charge in [-0.05, 0) is 34.1 Å². The summed E-state index contributed by atoms with van der Waals surface area (Å²) in [4.78, 5) is 0.398. The molecule has 1 aromatic carbocycles. The van der Waals surface area contributed by atoms with Crippen LogP contribution in [0.25, 0.3) is 0 Å². The van der Waals surface area contributed by atoms with Gasteiger partial charge in [-0.2, -0.15) is 0 Å². The standard InChI is InChI=1S/C11H14BrN3OS/c12-10-7-8(1-2-9(10)11(13)17)14-15-3-5-16-6-4-15/h1-2,7,14H,3-6H2,(H2,13,17). The average molecular weight is 316 g/mol. The van der Waals surface area contributed by atoms with Crippen molar-refractivity contribution in [2.24, 2.45) is 5.73 Å². The fraction of sp³-hybridized carbons (Fsp3) is 0.364. The van der Waals surface area contributed by atoms with Gasteiger partial charge in [-0.15, -0.1) is 0 Å². The van der Waals surface area contributed by atoms with E-state index >= 15 is 0 Å². The van der Waals surface area contributed by atoms with Crippen molar-refractivity contribution >= 4 is 38.8 Å². The van der Waals surface area contributed by atoms with Crippen molar-refractivity contribution in [3.63, 3.8) is 0 Å². The lowest BCUT2D eigenvalue weighted by molar-refractivity contribution is 0.0497. The molecule has 17 heavy (non-hydrogen) atoms. The minimum atomic E-state index is 0.398. The molecule has 0 radical (unpaired) electrons. The zero-order valence-corrected chi connectivity index (χ0v) is 11.7. The van der Waals surface area contributed by atoms with Crippen LogP contribution in [0.15, 0.2) is 22.7 Å². The molecule has 1 heterocycles. The van der Waals surface area contributed by atoms with Crippen LogP contribution in [0.4, 0.5) is 5.69 Å². The summed E-state index contributed by atoms with van der Waals surface area (Å²) in [6.07, 6.45) is 0. The number of morpholine rings is 1. The third kappa shape index (κ3) is 3.38. The maximum Gasteiger partial charge on any atom is 0.105 e. The lowest BCUT2D eigenvalue weighted by Crippen LogP contribution is -2.40. The van der Waals surface area contributed by atoms with Gasteiger partial charge in [0.25, 0.3) is 0 Å². The van der Waals surface area contributed by atoms with Gasteiger partial charge >= 0.3 is 0 Å². The fourth-order valence-corrected chi connectivity index (χ4v) is 2.54. The molecular formula is C11H14BrN3OS. The number of hydrogen-bond acceptors (Lipinski definition) is 4. The summed E-state index contributed by atoms with van der Waals surface area (Å²) in [5.74, 6) is 0. The van der Waals surface area contributed by atoms with Crippen molar-refractivity contribution in [3.05, 3.63) is 28.2 Å². The maximum atomic E-state index is 5.60. The Kier molecular flexibility index (Phi) is 4.33. The quantitative estimate of drug-likeness (QED) is 0.832. The van der Waals surface area contributed by atoms with Crippen molar-refractivity contribution in [1.29, 1.82) is 0 Å². The first kappa shape index (κ1) is 12.8. The second-order valence-electron chi connectivity index (χ2n) is 3.77. The van der Waals surface area contributed by atoms with Crippen LogP contribution in [0.2, 0.25) is 0 Å². The third-order valence-corrected chi connectivity index (χ3v) is 3.41. The second kappa shape index (κ2) is 5.77. The van der Waals surface area contributed by atoms with E-state index in [9.17, 15) is 0 Å². The topological polar surface area (TPSA) is 50.5 Å². The minimum absolute atomic E-state index is 0.398. The Hall–Kier alpha value is -0.690. The minimum Gasteiger partial charge on any atom is -0.389 e. The lowest BCUT2D eigenvalue weighted by Gasteiger charge is -2.28. The van der Waals surface area contributed by atoms with Gasteiger partial charge < -0.3 is 15.9 Å². The van der Waals surface area contributed by atoms with E-state index in [0.29, 0.717) is 4.99 Å². The molecule has 4 nitrogen and oxygen atoms in total. The Bertz CT molecular complexity index is 421. The lowest BCUT2D eigenvalue weighted by atomic mass is 10.2. The van der Waals surface area contributed by atoms with E-state index in [0.717, 1.165) is 42.0 Å². The fourth-order valence-electron chi connectivity index (χ4n) is 1.64. The SMILES string of the molecule is NC(=S)c1ccc(NN2CCOCC2)cc1Br. The third-order valence-electron chi connectivity index (χ3n) is 2.53. The van der Waals surface area contributed by atoms with E-state index in [1.54, 1.807) is 0 Å². The van der Waals surface area contributed by atoms with E-state index in [1.807, 2.05) is 18.2 Å². The van der Waals surface area contributed by atoms with Gasteiger partial charge in [0.2, 0.25) is 0 Å². The molecule has 1 aliphatic rings. The number of ether oxygens (including phenoxy) is 1. The number of hydrogen-bond donors (Lipinski definition) is 2. The molecule has 0 aliphatic carbocycles. The van der Waals surface area contributed by atoms with Crippen LogP contribution < -0.4 is 11.2 Å². The summed E-state index contributed by atoms with van der Waals surface area (Å²) >= 11 is 8.42. The zero-order valence-electron chi connectivity index (χ0n) is 9.28. The Balaban J connectivity index is 2.06. The Morgan fingerprint density at radius 3 is 2.71 bits per heavy atom. The van der Waals surface area contributed by atoms with Gasteiger partial charge in [-0.1, -0.05) is 12.2 Å². The molecule has 0 amide bonds. The molecule has 1 saturated heterocycles. The van der Waals surface area contributed by atoms with Gasteiger partial charge in [-0.25, -0.2) is 5.01 Å². The molecule has 0 aromatic heterocycles. The average Bonchev–Trinajstić information content (AvgIpc) is 2.30. The number of anilines is 1. The number of nitrogens with zero attached hydrogens (tertiary/aromatic N) is 1. The summed E-state index contributed by atoms with van der Waals surface area (Å²) in [5.41, 5.74) is 10.8. The van der Waals surface area contributed by atoms with E-state index in [1.165, 1.54) is 0 Å². The molecule has 0 saturated carbocycles. The van der Waals surface area contributed by atoms with E-state index in [4.69, 9.17) is 22.7 Å². The van der Waals surface area contributed by atoms with Crippen molar-refractivity contribution in [2.45, 2.75) is 0 Å². The van der Waals surface area contributed by atoms with Gasteiger partial charge in [-0.3, -0.25) is 0 Å². The molecule has 6 heteroatoms. The van der Waals surface area contributed by atoms with Gasteiger partial charge in [0, 0.05) is 23.1 Å². The monoisotopic (exact) mass is 315 g/mol. The summed E-state index contributed by atoms with van der Waals surface area (Å²) < 4.78 is 6.19. The van der Waals surface area contributed by atoms with Crippen LogP contribution in [0.3, 0.4) is 0 Å². The van der Waals surface area contributed by atoms with Crippen LogP contribution in [0, 0.1) is 0 Å². The smallest absolute Gasteiger partial charge is 0.105 e. The first-order valence-electron chi connectivity index (χ1n) is 5.35. The Labute approximate surface area is 114 Å². The molecule has 0 spiro atoms. The number of nitrogens with one attached hydrogen (secondary N) is 1. The summed E-state index contributed by atoms with van der Waals surface area (Å²) in [6, 6.07) is 5.86. The highest BCUT2D eigenvalue weighted by Crippen LogP contribution is 2.22. The first-order valence-corrected chi connectivity index (χ1v) is 6.55. The molecule has 92 valence electrons. The molecule has 1 aliphatic heterocycles. The summed E-state index contributed by atoms with van der Waals surface area (Å²) in [7, 11) is 0. The zero-order chi connectivity index (χ0) is 12.3. The Morgan fingerprint density at radius 1 is 1.41 bits per heavy atom. The summed E-state index contributed by atoms with van der Waals surface area (Å²) in [6.45, 7) is 3.29. The molecular weight excluding hydrogens is 302 g/mol. The van der Waals surface area contributed by atoms with E-state index < -0.39 is 0 Å². The number of rotatable bonds is 3. The molecule has 1 aromatic rings. The number of hydrazine groups is 1. The van der Waals surface area contributed by atoms with E-state index in [-0.39, 0.29) is 0 Å². The van der Waals surface area contributed by atoms with Gasteiger partial charge in [0.05, 0.1) is 18.9 Å². The van der Waals surface area contributed by atoms with Crippen molar-refractivity contribution in [3.8, 4) is 0 Å². The highest BCUT2D eigenvalue weighted by Gasteiger charge is 2.11.